The molecular formula is C24H24FN3O. The van der Waals surface area contributed by atoms with E-state index in [0.717, 1.165) is 29.9 Å². The molecule has 29 heavy (non-hydrogen) atoms. The maximum Gasteiger partial charge on any atom is 0.238 e. The summed E-state index contributed by atoms with van der Waals surface area (Å²) in [7, 11) is 0. The second kappa shape index (κ2) is 8.88. The molecule has 1 fully saturated rings. The number of carbonyl (C=O) groups excluding carboxylic acids is 1. The van der Waals surface area contributed by atoms with Gasteiger partial charge in [-0.15, -0.1) is 0 Å². The van der Waals surface area contributed by atoms with Crippen LogP contribution < -0.4 is 10.2 Å². The van der Waals surface area contributed by atoms with Gasteiger partial charge in [-0.3, -0.25) is 9.69 Å². The number of hydrogen-bond donors (Lipinski definition) is 1. The van der Waals surface area contributed by atoms with Gasteiger partial charge in [0.1, 0.15) is 5.82 Å². The summed E-state index contributed by atoms with van der Waals surface area (Å²) in [6.07, 6.45) is 0. The van der Waals surface area contributed by atoms with Crippen LogP contribution in [0.5, 0.6) is 0 Å². The molecule has 3 aromatic rings. The second-order valence-corrected chi connectivity index (χ2v) is 7.21. The number of benzene rings is 3. The molecule has 1 N–H and O–H groups in total. The van der Waals surface area contributed by atoms with E-state index in [9.17, 15) is 9.18 Å². The van der Waals surface area contributed by atoms with Crippen LogP contribution in [0.3, 0.4) is 0 Å². The van der Waals surface area contributed by atoms with Crippen molar-refractivity contribution in [2.75, 3.05) is 42.9 Å². The molecule has 0 atom stereocenters. The van der Waals surface area contributed by atoms with Gasteiger partial charge < -0.3 is 10.2 Å². The Kier molecular flexibility index (Phi) is 5.86. The highest BCUT2D eigenvalue weighted by Gasteiger charge is 2.20. The monoisotopic (exact) mass is 389 g/mol. The number of halogens is 1. The van der Waals surface area contributed by atoms with Gasteiger partial charge in [0.2, 0.25) is 5.91 Å². The van der Waals surface area contributed by atoms with Crippen molar-refractivity contribution in [3.05, 3.63) is 84.7 Å². The number of rotatable bonds is 5. The maximum absolute atomic E-state index is 13.9. The van der Waals surface area contributed by atoms with Crippen LogP contribution in [0, 0.1) is 5.82 Å². The SMILES string of the molecule is O=C(CN1CCN(c2ccccc2F)CC1)Nc1ccc(-c2ccccc2)cc1. The van der Waals surface area contributed by atoms with Gasteiger partial charge in [0.25, 0.3) is 0 Å². The molecule has 0 saturated carbocycles. The predicted octanol–water partition coefficient (Wildman–Crippen LogP) is 4.25. The number of carbonyl (C=O) groups is 1. The molecule has 5 heteroatoms. The first kappa shape index (κ1) is 19.2. The summed E-state index contributed by atoms with van der Waals surface area (Å²) in [5, 5.41) is 2.97. The molecule has 4 rings (SSSR count). The van der Waals surface area contributed by atoms with E-state index in [2.05, 4.69) is 22.3 Å². The van der Waals surface area contributed by atoms with Crippen LogP contribution in [-0.4, -0.2) is 43.5 Å². The Hall–Kier alpha value is -3.18. The van der Waals surface area contributed by atoms with Gasteiger partial charge in [0.15, 0.2) is 0 Å². The lowest BCUT2D eigenvalue weighted by Gasteiger charge is -2.35. The molecule has 0 unspecified atom stereocenters. The van der Waals surface area contributed by atoms with Gasteiger partial charge in [-0.2, -0.15) is 0 Å². The quantitative estimate of drug-likeness (QED) is 0.709. The van der Waals surface area contributed by atoms with Crippen molar-refractivity contribution < 1.29 is 9.18 Å². The molecular weight excluding hydrogens is 365 g/mol. The lowest BCUT2D eigenvalue weighted by atomic mass is 10.1. The van der Waals surface area contributed by atoms with E-state index >= 15 is 0 Å². The summed E-state index contributed by atoms with van der Waals surface area (Å²) in [5.41, 5.74) is 3.70. The zero-order chi connectivity index (χ0) is 20.1. The van der Waals surface area contributed by atoms with Crippen LogP contribution in [0.25, 0.3) is 11.1 Å². The van der Waals surface area contributed by atoms with Crippen LogP contribution in [0.4, 0.5) is 15.8 Å². The van der Waals surface area contributed by atoms with Crippen molar-refractivity contribution >= 4 is 17.3 Å². The Labute approximate surface area is 170 Å². The molecule has 1 aliphatic rings. The molecule has 0 spiro atoms. The van der Waals surface area contributed by atoms with Crippen LogP contribution in [0.1, 0.15) is 0 Å². The van der Waals surface area contributed by atoms with Crippen LogP contribution in [0.15, 0.2) is 78.9 Å². The minimum Gasteiger partial charge on any atom is -0.367 e. The number of piperazine rings is 1. The van der Waals surface area contributed by atoms with E-state index in [1.54, 1.807) is 12.1 Å². The van der Waals surface area contributed by atoms with Gasteiger partial charge in [0, 0.05) is 31.9 Å². The Morgan fingerprint density at radius 2 is 1.41 bits per heavy atom. The highest BCUT2D eigenvalue weighted by atomic mass is 19.1. The summed E-state index contributed by atoms with van der Waals surface area (Å²) in [4.78, 5) is 16.6. The zero-order valence-electron chi connectivity index (χ0n) is 16.2. The molecule has 148 valence electrons. The van der Waals surface area contributed by atoms with Crippen molar-refractivity contribution in [1.82, 2.24) is 4.90 Å². The highest BCUT2D eigenvalue weighted by Crippen LogP contribution is 2.22. The van der Waals surface area contributed by atoms with E-state index in [-0.39, 0.29) is 11.7 Å². The Morgan fingerprint density at radius 3 is 2.10 bits per heavy atom. The maximum atomic E-state index is 13.9. The van der Waals surface area contributed by atoms with E-state index in [0.29, 0.717) is 25.3 Å². The van der Waals surface area contributed by atoms with Gasteiger partial charge >= 0.3 is 0 Å². The topological polar surface area (TPSA) is 35.6 Å². The number of hydrogen-bond acceptors (Lipinski definition) is 3. The van der Waals surface area contributed by atoms with Gasteiger partial charge in [0.05, 0.1) is 12.2 Å². The third kappa shape index (κ3) is 4.81. The largest absolute Gasteiger partial charge is 0.367 e. The first-order valence-corrected chi connectivity index (χ1v) is 9.86. The molecule has 0 radical (unpaired) electrons. The van der Waals surface area contributed by atoms with Crippen LogP contribution in [-0.2, 0) is 4.79 Å². The fourth-order valence-electron chi connectivity index (χ4n) is 3.64. The molecule has 1 aliphatic heterocycles. The Balaban J connectivity index is 1.28. The Morgan fingerprint density at radius 1 is 0.793 bits per heavy atom. The minimum atomic E-state index is -0.197. The average Bonchev–Trinajstić information content (AvgIpc) is 2.76. The summed E-state index contributed by atoms with van der Waals surface area (Å²) in [6.45, 7) is 3.22. The molecule has 0 bridgehead atoms. The highest BCUT2D eigenvalue weighted by molar-refractivity contribution is 5.92. The third-order valence-electron chi connectivity index (χ3n) is 5.21. The van der Waals surface area contributed by atoms with E-state index in [4.69, 9.17) is 0 Å². The molecule has 3 aromatic carbocycles. The fourth-order valence-corrected chi connectivity index (χ4v) is 3.64. The summed E-state index contributed by atoms with van der Waals surface area (Å²) < 4.78 is 13.9. The number of anilines is 2. The van der Waals surface area contributed by atoms with Gasteiger partial charge in [-0.25, -0.2) is 4.39 Å². The number of amides is 1. The van der Waals surface area contributed by atoms with Crippen LogP contribution >= 0.6 is 0 Å². The molecule has 1 amide bonds. The van der Waals surface area contributed by atoms with Gasteiger partial charge in [-0.1, -0.05) is 54.6 Å². The fraction of sp³-hybridized carbons (Fsp3) is 0.208. The van der Waals surface area contributed by atoms with Crippen molar-refractivity contribution in [3.63, 3.8) is 0 Å². The summed E-state index contributed by atoms with van der Waals surface area (Å²) in [6, 6.07) is 24.9. The smallest absolute Gasteiger partial charge is 0.238 e. The molecule has 4 nitrogen and oxygen atoms in total. The minimum absolute atomic E-state index is 0.0307. The van der Waals surface area contributed by atoms with Crippen molar-refractivity contribution in [2.24, 2.45) is 0 Å². The number of para-hydroxylation sites is 1. The Bertz CT molecular complexity index is 951. The lowest BCUT2D eigenvalue weighted by Crippen LogP contribution is -2.48. The van der Waals surface area contributed by atoms with E-state index in [1.807, 2.05) is 53.4 Å². The number of nitrogens with zero attached hydrogens (tertiary/aromatic N) is 2. The van der Waals surface area contributed by atoms with Crippen LogP contribution in [0.2, 0.25) is 0 Å². The molecule has 0 aromatic heterocycles. The van der Waals surface area contributed by atoms with Crippen molar-refractivity contribution in [1.29, 1.82) is 0 Å². The average molecular weight is 389 g/mol. The number of nitrogens with one attached hydrogen (secondary N) is 1. The second-order valence-electron chi connectivity index (χ2n) is 7.21. The van der Waals surface area contributed by atoms with Crippen molar-refractivity contribution in [2.45, 2.75) is 0 Å². The third-order valence-corrected chi connectivity index (χ3v) is 5.21. The lowest BCUT2D eigenvalue weighted by molar-refractivity contribution is -0.117. The molecule has 1 heterocycles. The van der Waals surface area contributed by atoms with E-state index in [1.165, 1.54) is 6.07 Å². The van der Waals surface area contributed by atoms with E-state index < -0.39 is 0 Å². The predicted molar refractivity (Wildman–Crippen MR) is 116 cm³/mol. The normalized spacial score (nSPS) is 14.6. The summed E-state index contributed by atoms with van der Waals surface area (Å²) in [5.74, 6) is -0.227. The van der Waals surface area contributed by atoms with Gasteiger partial charge in [-0.05, 0) is 35.4 Å². The zero-order valence-corrected chi connectivity index (χ0v) is 16.2. The first-order valence-electron chi connectivity index (χ1n) is 9.86. The summed E-state index contributed by atoms with van der Waals surface area (Å²) >= 11 is 0. The first-order chi connectivity index (χ1) is 14.2. The molecule has 1 saturated heterocycles. The molecule has 0 aliphatic carbocycles. The van der Waals surface area contributed by atoms with Crippen molar-refractivity contribution in [3.8, 4) is 11.1 Å². The standard InChI is InChI=1S/C24H24FN3O/c25-22-8-4-5-9-23(22)28-16-14-27(15-17-28)18-24(29)26-21-12-10-20(11-13-21)19-6-2-1-3-7-19/h1-13H,14-18H2,(H,26,29).